The van der Waals surface area contributed by atoms with E-state index in [0.29, 0.717) is 12.0 Å². The topological polar surface area (TPSA) is 35.2 Å². The Bertz CT molecular complexity index is 201. The molecule has 88 valence electrons. The SMILES string of the molecule is CC1CCCCC1(N)CCC1CCCO1. The normalized spacial score (nSPS) is 42.0. The molecule has 3 unspecified atom stereocenters. The van der Waals surface area contributed by atoms with Gasteiger partial charge in [-0.05, 0) is 44.4 Å². The van der Waals surface area contributed by atoms with E-state index >= 15 is 0 Å². The lowest BCUT2D eigenvalue weighted by Gasteiger charge is -2.40. The number of ether oxygens (including phenoxy) is 1. The molecule has 1 aliphatic carbocycles. The van der Waals surface area contributed by atoms with E-state index in [9.17, 15) is 0 Å². The maximum atomic E-state index is 6.53. The van der Waals surface area contributed by atoms with E-state index < -0.39 is 0 Å². The van der Waals surface area contributed by atoms with Crippen molar-refractivity contribution in [1.29, 1.82) is 0 Å². The molecule has 0 spiro atoms. The Morgan fingerprint density at radius 1 is 1.27 bits per heavy atom. The van der Waals surface area contributed by atoms with Crippen LogP contribution in [0, 0.1) is 5.92 Å². The first-order chi connectivity index (χ1) is 7.21. The third-order valence-corrected chi connectivity index (χ3v) is 4.47. The maximum absolute atomic E-state index is 6.53. The minimum Gasteiger partial charge on any atom is -0.378 e. The fourth-order valence-corrected chi connectivity index (χ4v) is 3.11. The van der Waals surface area contributed by atoms with Gasteiger partial charge in [0.1, 0.15) is 0 Å². The smallest absolute Gasteiger partial charge is 0.0576 e. The molecular formula is C13H25NO. The molecule has 0 aromatic heterocycles. The Labute approximate surface area is 93.6 Å². The van der Waals surface area contributed by atoms with Crippen molar-refractivity contribution in [3.63, 3.8) is 0 Å². The minimum atomic E-state index is 0.115. The van der Waals surface area contributed by atoms with Crippen molar-refractivity contribution in [2.24, 2.45) is 11.7 Å². The number of rotatable bonds is 3. The van der Waals surface area contributed by atoms with Crippen LogP contribution in [0.5, 0.6) is 0 Å². The third kappa shape index (κ3) is 2.73. The first-order valence-electron chi connectivity index (χ1n) is 6.61. The molecule has 3 atom stereocenters. The molecule has 0 radical (unpaired) electrons. The summed E-state index contributed by atoms with van der Waals surface area (Å²) in [6, 6.07) is 0. The third-order valence-electron chi connectivity index (χ3n) is 4.47. The fourth-order valence-electron chi connectivity index (χ4n) is 3.11. The summed E-state index contributed by atoms with van der Waals surface area (Å²) in [5, 5.41) is 0. The summed E-state index contributed by atoms with van der Waals surface area (Å²) in [7, 11) is 0. The van der Waals surface area contributed by atoms with E-state index in [1.807, 2.05) is 0 Å². The molecule has 2 rings (SSSR count). The number of nitrogens with two attached hydrogens (primary N) is 1. The van der Waals surface area contributed by atoms with E-state index in [4.69, 9.17) is 10.5 Å². The lowest BCUT2D eigenvalue weighted by atomic mass is 9.71. The second-order valence-electron chi connectivity index (χ2n) is 5.55. The summed E-state index contributed by atoms with van der Waals surface area (Å²) >= 11 is 0. The Morgan fingerprint density at radius 3 is 2.80 bits per heavy atom. The van der Waals surface area contributed by atoms with Crippen LogP contribution in [0.15, 0.2) is 0 Å². The summed E-state index contributed by atoms with van der Waals surface area (Å²) in [6.45, 7) is 3.30. The Morgan fingerprint density at radius 2 is 2.13 bits per heavy atom. The van der Waals surface area contributed by atoms with Crippen LogP contribution in [0.4, 0.5) is 0 Å². The second kappa shape index (κ2) is 4.84. The van der Waals surface area contributed by atoms with E-state index in [1.165, 1.54) is 51.4 Å². The van der Waals surface area contributed by atoms with Gasteiger partial charge in [-0.15, -0.1) is 0 Å². The molecule has 1 aliphatic heterocycles. The molecule has 2 nitrogen and oxygen atoms in total. The van der Waals surface area contributed by atoms with Crippen LogP contribution in [0.25, 0.3) is 0 Å². The lowest BCUT2D eigenvalue weighted by Crippen LogP contribution is -2.48. The van der Waals surface area contributed by atoms with Crippen LogP contribution < -0.4 is 5.73 Å². The summed E-state index contributed by atoms with van der Waals surface area (Å²) in [6.07, 6.45) is 10.6. The van der Waals surface area contributed by atoms with Crippen LogP contribution >= 0.6 is 0 Å². The van der Waals surface area contributed by atoms with Crippen molar-refractivity contribution in [1.82, 2.24) is 0 Å². The molecule has 0 aromatic carbocycles. The van der Waals surface area contributed by atoms with E-state index in [-0.39, 0.29) is 5.54 Å². The highest BCUT2D eigenvalue weighted by molar-refractivity contribution is 4.92. The quantitative estimate of drug-likeness (QED) is 0.779. The minimum absolute atomic E-state index is 0.115. The monoisotopic (exact) mass is 211 g/mol. The molecule has 1 saturated heterocycles. The van der Waals surface area contributed by atoms with Gasteiger partial charge >= 0.3 is 0 Å². The summed E-state index contributed by atoms with van der Waals surface area (Å²) in [5.41, 5.74) is 6.64. The molecule has 2 N–H and O–H groups in total. The average molecular weight is 211 g/mol. The molecule has 0 amide bonds. The van der Waals surface area contributed by atoms with Gasteiger partial charge in [-0.1, -0.05) is 19.8 Å². The Hall–Kier alpha value is -0.0800. The Balaban J connectivity index is 1.80. The van der Waals surface area contributed by atoms with Crippen molar-refractivity contribution in [2.45, 2.75) is 69.9 Å². The molecule has 0 aromatic rings. The van der Waals surface area contributed by atoms with Crippen molar-refractivity contribution >= 4 is 0 Å². The lowest BCUT2D eigenvalue weighted by molar-refractivity contribution is 0.0848. The first-order valence-corrected chi connectivity index (χ1v) is 6.61. The van der Waals surface area contributed by atoms with Gasteiger partial charge in [-0.25, -0.2) is 0 Å². The van der Waals surface area contributed by atoms with Gasteiger partial charge < -0.3 is 10.5 Å². The zero-order chi connectivity index (χ0) is 10.7. The largest absolute Gasteiger partial charge is 0.378 e. The van der Waals surface area contributed by atoms with Crippen LogP contribution in [0.1, 0.15) is 58.3 Å². The molecular weight excluding hydrogens is 186 g/mol. The summed E-state index contributed by atoms with van der Waals surface area (Å²) in [5.74, 6) is 0.702. The summed E-state index contributed by atoms with van der Waals surface area (Å²) < 4.78 is 5.67. The second-order valence-corrected chi connectivity index (χ2v) is 5.55. The molecule has 1 heterocycles. The molecule has 2 aliphatic rings. The van der Waals surface area contributed by atoms with Gasteiger partial charge in [0.25, 0.3) is 0 Å². The van der Waals surface area contributed by atoms with Gasteiger partial charge in [-0.3, -0.25) is 0 Å². The van der Waals surface area contributed by atoms with Gasteiger partial charge in [0.05, 0.1) is 6.10 Å². The summed E-state index contributed by atoms with van der Waals surface area (Å²) in [4.78, 5) is 0. The van der Waals surface area contributed by atoms with Crippen molar-refractivity contribution in [2.75, 3.05) is 6.61 Å². The molecule has 2 fully saturated rings. The molecule has 15 heavy (non-hydrogen) atoms. The van der Waals surface area contributed by atoms with E-state index in [1.54, 1.807) is 0 Å². The zero-order valence-electron chi connectivity index (χ0n) is 10.0. The van der Waals surface area contributed by atoms with E-state index in [0.717, 1.165) is 6.61 Å². The van der Waals surface area contributed by atoms with Gasteiger partial charge in [-0.2, -0.15) is 0 Å². The highest BCUT2D eigenvalue weighted by Gasteiger charge is 2.34. The van der Waals surface area contributed by atoms with Crippen molar-refractivity contribution in [3.8, 4) is 0 Å². The van der Waals surface area contributed by atoms with Gasteiger partial charge in [0.15, 0.2) is 0 Å². The van der Waals surface area contributed by atoms with Crippen LogP contribution in [0.2, 0.25) is 0 Å². The average Bonchev–Trinajstić information content (AvgIpc) is 2.73. The number of hydrogen-bond donors (Lipinski definition) is 1. The van der Waals surface area contributed by atoms with Crippen molar-refractivity contribution < 1.29 is 4.74 Å². The van der Waals surface area contributed by atoms with Gasteiger partial charge in [0, 0.05) is 12.1 Å². The van der Waals surface area contributed by atoms with Gasteiger partial charge in [0.2, 0.25) is 0 Å². The molecule has 1 saturated carbocycles. The Kier molecular flexibility index (Phi) is 3.68. The zero-order valence-corrected chi connectivity index (χ0v) is 10.0. The van der Waals surface area contributed by atoms with Crippen LogP contribution in [0.3, 0.4) is 0 Å². The highest BCUT2D eigenvalue weighted by Crippen LogP contribution is 2.36. The highest BCUT2D eigenvalue weighted by atomic mass is 16.5. The van der Waals surface area contributed by atoms with Crippen molar-refractivity contribution in [3.05, 3.63) is 0 Å². The first kappa shape index (κ1) is 11.4. The van der Waals surface area contributed by atoms with Crippen LogP contribution in [-0.2, 0) is 4.74 Å². The maximum Gasteiger partial charge on any atom is 0.0576 e. The predicted molar refractivity (Wildman–Crippen MR) is 62.8 cm³/mol. The van der Waals surface area contributed by atoms with Crippen LogP contribution in [-0.4, -0.2) is 18.2 Å². The standard InChI is InChI=1S/C13H25NO/c1-11-5-2-3-8-13(11,14)9-7-12-6-4-10-15-12/h11-12H,2-10,14H2,1H3. The fraction of sp³-hybridized carbons (Fsp3) is 1.00. The van der Waals surface area contributed by atoms with E-state index in [2.05, 4.69) is 6.92 Å². The predicted octanol–water partition coefficient (Wildman–Crippen LogP) is 2.85. The molecule has 0 bridgehead atoms. The number of hydrogen-bond acceptors (Lipinski definition) is 2. The molecule has 2 heteroatoms.